The summed E-state index contributed by atoms with van der Waals surface area (Å²) in [6.07, 6.45) is 0. The van der Waals surface area contributed by atoms with Gasteiger partial charge < -0.3 is 4.74 Å². The molecule has 0 spiro atoms. The molecule has 1 aromatic heterocycles. The number of carbonyl (C=O) groups is 2. The third kappa shape index (κ3) is 3.98. The molecule has 7 heteroatoms. The number of hydrogen-bond acceptors (Lipinski definition) is 6. The van der Waals surface area contributed by atoms with Crippen molar-refractivity contribution in [2.75, 3.05) is 0 Å². The van der Waals surface area contributed by atoms with E-state index in [0.29, 0.717) is 16.5 Å². The average molecular weight is 413 g/mol. The third-order valence-electron chi connectivity index (χ3n) is 4.98. The number of carbonyl (C=O) groups excluding carboxylic acids is 2. The summed E-state index contributed by atoms with van der Waals surface area (Å²) in [4.78, 5) is 38.4. The van der Waals surface area contributed by atoms with Crippen molar-refractivity contribution in [2.24, 2.45) is 0 Å². The van der Waals surface area contributed by atoms with Gasteiger partial charge in [-0.1, -0.05) is 53.2 Å². The molecule has 0 fully saturated rings. The normalized spacial score (nSPS) is 10.8. The molecule has 0 aliphatic heterocycles. The highest BCUT2D eigenvalue weighted by molar-refractivity contribution is 6.15. The number of rotatable bonds is 5. The largest absolute Gasteiger partial charge is 0.439 e. The Morgan fingerprint density at radius 1 is 0.903 bits per heavy atom. The molecule has 0 saturated carbocycles. The minimum atomic E-state index is -0.726. The zero-order chi connectivity index (χ0) is 22.0. The fourth-order valence-corrected chi connectivity index (χ4v) is 3.29. The van der Waals surface area contributed by atoms with Crippen LogP contribution in [0.3, 0.4) is 0 Å². The SMILES string of the molecule is Cc1ccc(C)c(C(=O)c2ccccc2C(=O)OCn2nnc3ccccc3c2=O)c1. The van der Waals surface area contributed by atoms with Gasteiger partial charge in [0.1, 0.15) is 5.52 Å². The first-order valence-electron chi connectivity index (χ1n) is 9.66. The number of nitrogens with zero attached hydrogens (tertiary/aromatic N) is 3. The van der Waals surface area contributed by atoms with E-state index in [-0.39, 0.29) is 16.9 Å². The molecule has 7 nitrogen and oxygen atoms in total. The summed E-state index contributed by atoms with van der Waals surface area (Å²) in [5.41, 5.74) is 2.68. The molecule has 0 saturated heterocycles. The Morgan fingerprint density at radius 3 is 2.42 bits per heavy atom. The van der Waals surface area contributed by atoms with Crippen LogP contribution in [-0.4, -0.2) is 26.7 Å². The quantitative estimate of drug-likeness (QED) is 0.368. The van der Waals surface area contributed by atoms with E-state index in [2.05, 4.69) is 10.3 Å². The summed E-state index contributed by atoms with van der Waals surface area (Å²) < 4.78 is 6.26. The minimum Gasteiger partial charge on any atom is -0.439 e. The van der Waals surface area contributed by atoms with Crippen LogP contribution < -0.4 is 5.56 Å². The van der Waals surface area contributed by atoms with Gasteiger partial charge in [0.05, 0.1) is 10.9 Å². The second kappa shape index (κ2) is 8.31. The van der Waals surface area contributed by atoms with E-state index in [1.54, 1.807) is 48.5 Å². The zero-order valence-corrected chi connectivity index (χ0v) is 17.0. The van der Waals surface area contributed by atoms with E-state index in [9.17, 15) is 14.4 Å². The molecule has 0 N–H and O–H groups in total. The topological polar surface area (TPSA) is 91.2 Å². The molecule has 154 valence electrons. The zero-order valence-electron chi connectivity index (χ0n) is 17.0. The monoisotopic (exact) mass is 413 g/mol. The van der Waals surface area contributed by atoms with Crippen molar-refractivity contribution in [1.29, 1.82) is 0 Å². The molecule has 31 heavy (non-hydrogen) atoms. The predicted molar refractivity (Wildman–Crippen MR) is 115 cm³/mol. The van der Waals surface area contributed by atoms with Gasteiger partial charge in [-0.2, -0.15) is 4.68 Å². The van der Waals surface area contributed by atoms with Crippen LogP contribution in [0.1, 0.15) is 37.4 Å². The molecule has 4 rings (SSSR count). The van der Waals surface area contributed by atoms with Crippen molar-refractivity contribution in [1.82, 2.24) is 15.0 Å². The summed E-state index contributed by atoms with van der Waals surface area (Å²) in [5, 5.41) is 8.15. The Balaban J connectivity index is 1.61. The number of esters is 1. The number of aryl methyl sites for hydroxylation is 2. The van der Waals surface area contributed by atoms with Gasteiger partial charge in [-0.25, -0.2) is 4.79 Å². The van der Waals surface area contributed by atoms with Crippen LogP contribution in [0.2, 0.25) is 0 Å². The van der Waals surface area contributed by atoms with E-state index in [1.807, 2.05) is 26.0 Å². The van der Waals surface area contributed by atoms with E-state index < -0.39 is 18.3 Å². The van der Waals surface area contributed by atoms with Gasteiger partial charge in [-0.3, -0.25) is 9.59 Å². The van der Waals surface area contributed by atoms with E-state index in [1.165, 1.54) is 6.07 Å². The smallest absolute Gasteiger partial charge is 0.340 e. The first kappa shape index (κ1) is 20.2. The van der Waals surface area contributed by atoms with Crippen molar-refractivity contribution >= 4 is 22.7 Å². The predicted octanol–water partition coefficient (Wildman–Crippen LogP) is 3.45. The highest BCUT2D eigenvalue weighted by atomic mass is 16.5. The van der Waals surface area contributed by atoms with Crippen molar-refractivity contribution in [2.45, 2.75) is 20.6 Å². The van der Waals surface area contributed by atoms with Gasteiger partial charge in [0, 0.05) is 11.1 Å². The Hall–Kier alpha value is -4.13. The lowest BCUT2D eigenvalue weighted by Crippen LogP contribution is -2.27. The first-order chi connectivity index (χ1) is 15.0. The van der Waals surface area contributed by atoms with Gasteiger partial charge in [-0.15, -0.1) is 5.10 Å². The van der Waals surface area contributed by atoms with E-state index in [4.69, 9.17) is 4.74 Å². The molecule has 0 radical (unpaired) electrons. The van der Waals surface area contributed by atoms with Gasteiger partial charge in [-0.05, 0) is 43.7 Å². The van der Waals surface area contributed by atoms with Crippen LogP contribution in [0, 0.1) is 13.8 Å². The summed E-state index contributed by atoms with van der Waals surface area (Å²) in [7, 11) is 0. The van der Waals surface area contributed by atoms with Gasteiger partial charge >= 0.3 is 5.97 Å². The second-order valence-electron chi connectivity index (χ2n) is 7.17. The van der Waals surface area contributed by atoms with E-state index >= 15 is 0 Å². The number of hydrogen-bond donors (Lipinski definition) is 0. The maximum atomic E-state index is 13.1. The average Bonchev–Trinajstić information content (AvgIpc) is 2.79. The number of ketones is 1. The molecule has 0 unspecified atom stereocenters. The molecular formula is C24H19N3O4. The molecule has 0 amide bonds. The highest BCUT2D eigenvalue weighted by Gasteiger charge is 2.21. The summed E-state index contributed by atoms with van der Waals surface area (Å²) >= 11 is 0. The Bertz CT molecular complexity index is 1370. The molecule has 3 aromatic carbocycles. The molecule has 0 bridgehead atoms. The van der Waals surface area contributed by atoms with Crippen LogP contribution >= 0.6 is 0 Å². The first-order valence-corrected chi connectivity index (χ1v) is 9.66. The third-order valence-corrected chi connectivity index (χ3v) is 4.98. The number of benzene rings is 3. The summed E-state index contributed by atoms with van der Waals surface area (Å²) in [5.74, 6) is -0.993. The Morgan fingerprint density at radius 2 is 1.61 bits per heavy atom. The van der Waals surface area contributed by atoms with Crippen molar-refractivity contribution in [3.8, 4) is 0 Å². The van der Waals surface area contributed by atoms with Crippen molar-refractivity contribution < 1.29 is 14.3 Å². The lowest BCUT2D eigenvalue weighted by molar-refractivity contribution is 0.0334. The highest BCUT2D eigenvalue weighted by Crippen LogP contribution is 2.19. The summed E-state index contributed by atoms with van der Waals surface area (Å²) in [6.45, 7) is 3.33. The van der Waals surface area contributed by atoms with Gasteiger partial charge in [0.2, 0.25) is 0 Å². The number of fused-ring (bicyclic) bond motifs is 1. The lowest BCUT2D eigenvalue weighted by atomic mass is 9.94. The number of ether oxygens (including phenoxy) is 1. The molecule has 0 atom stereocenters. The van der Waals surface area contributed by atoms with Gasteiger partial charge in [0.15, 0.2) is 12.5 Å². The van der Waals surface area contributed by atoms with Crippen LogP contribution in [0.5, 0.6) is 0 Å². The molecule has 4 aromatic rings. The Labute approximate surface area is 177 Å². The second-order valence-corrected chi connectivity index (χ2v) is 7.17. The maximum Gasteiger partial charge on any atom is 0.340 e. The van der Waals surface area contributed by atoms with Crippen molar-refractivity contribution in [3.63, 3.8) is 0 Å². The van der Waals surface area contributed by atoms with E-state index in [0.717, 1.165) is 15.8 Å². The molecule has 1 heterocycles. The fraction of sp³-hybridized carbons (Fsp3) is 0.125. The summed E-state index contributed by atoms with van der Waals surface area (Å²) in [6, 6.07) is 18.8. The van der Waals surface area contributed by atoms with Crippen molar-refractivity contribution in [3.05, 3.63) is 105 Å². The maximum absolute atomic E-state index is 13.1. The lowest BCUT2D eigenvalue weighted by Gasteiger charge is -2.11. The standard InChI is InChI=1S/C24H19N3O4/c1-15-11-12-16(2)20(13-15)22(28)17-7-3-4-8-18(17)24(30)31-14-27-23(29)19-9-5-6-10-21(19)25-26-27/h3-13H,14H2,1-2H3. The molecular weight excluding hydrogens is 394 g/mol. The molecule has 0 aliphatic rings. The van der Waals surface area contributed by atoms with Crippen LogP contribution in [0.15, 0.2) is 71.5 Å². The van der Waals surface area contributed by atoms with Crippen LogP contribution in [0.4, 0.5) is 0 Å². The van der Waals surface area contributed by atoms with Gasteiger partial charge in [0.25, 0.3) is 5.56 Å². The number of aromatic nitrogens is 3. The Kier molecular flexibility index (Phi) is 5.41. The fourth-order valence-electron chi connectivity index (χ4n) is 3.29. The van der Waals surface area contributed by atoms with Crippen LogP contribution in [0.25, 0.3) is 10.9 Å². The minimum absolute atomic E-state index is 0.121. The van der Waals surface area contributed by atoms with Crippen LogP contribution in [-0.2, 0) is 11.5 Å². The molecule has 0 aliphatic carbocycles.